The van der Waals surface area contributed by atoms with E-state index in [9.17, 15) is 9.59 Å². The molecule has 0 atom stereocenters. The lowest BCUT2D eigenvalue weighted by molar-refractivity contribution is -0.147. The Kier molecular flexibility index (Phi) is 5.62. The van der Waals surface area contributed by atoms with E-state index in [0.717, 1.165) is 35.8 Å². The van der Waals surface area contributed by atoms with Gasteiger partial charge in [-0.15, -0.1) is 0 Å². The number of aryl methyl sites for hydroxylation is 3. The number of hydrogen-bond donors (Lipinski definition) is 0. The predicted octanol–water partition coefficient (Wildman–Crippen LogP) is 4.84. The molecule has 0 fully saturated rings. The van der Waals surface area contributed by atoms with Crippen LogP contribution in [0, 0.1) is 6.92 Å². The summed E-state index contributed by atoms with van der Waals surface area (Å²) in [5.74, 6) is 0.505. The molecule has 0 saturated heterocycles. The van der Waals surface area contributed by atoms with Crippen LogP contribution < -0.4 is 10.4 Å². The Bertz CT molecular complexity index is 1160. The molecule has 4 rings (SSSR count). The summed E-state index contributed by atoms with van der Waals surface area (Å²) in [6.45, 7) is 5.97. The van der Waals surface area contributed by atoms with E-state index in [2.05, 4.69) is 19.9 Å². The van der Waals surface area contributed by atoms with Crippen LogP contribution in [0.1, 0.15) is 54.0 Å². The highest BCUT2D eigenvalue weighted by Gasteiger charge is 2.16. The number of carbonyl (C=O) groups excluding carboxylic acids is 1. The highest BCUT2D eigenvalue weighted by atomic mass is 16.6. The minimum atomic E-state index is -0.478. The van der Waals surface area contributed by atoms with Gasteiger partial charge in [0.2, 0.25) is 0 Å². The van der Waals surface area contributed by atoms with Crippen LogP contribution in [0.15, 0.2) is 45.6 Å². The summed E-state index contributed by atoms with van der Waals surface area (Å²) >= 11 is 0. The lowest BCUT2D eigenvalue weighted by Gasteiger charge is -2.14. The van der Waals surface area contributed by atoms with Gasteiger partial charge in [-0.1, -0.05) is 26.0 Å². The van der Waals surface area contributed by atoms with Crippen molar-refractivity contribution in [2.45, 2.75) is 52.6 Å². The first-order chi connectivity index (χ1) is 14.4. The van der Waals surface area contributed by atoms with Gasteiger partial charge in [-0.25, -0.2) is 9.59 Å². The Morgan fingerprint density at radius 2 is 1.87 bits per heavy atom. The molecule has 1 aromatic heterocycles. The maximum absolute atomic E-state index is 12.3. The average Bonchev–Trinajstić information content (AvgIpc) is 3.16. The molecule has 1 heterocycles. The summed E-state index contributed by atoms with van der Waals surface area (Å²) in [4.78, 5) is 24.3. The Labute approximate surface area is 175 Å². The van der Waals surface area contributed by atoms with Crippen molar-refractivity contribution in [1.82, 2.24) is 0 Å². The van der Waals surface area contributed by atoms with E-state index < -0.39 is 11.6 Å². The summed E-state index contributed by atoms with van der Waals surface area (Å²) in [7, 11) is 0. The van der Waals surface area contributed by atoms with Gasteiger partial charge in [0.05, 0.1) is 0 Å². The molecule has 5 heteroatoms. The van der Waals surface area contributed by atoms with E-state index >= 15 is 0 Å². The first-order valence-corrected chi connectivity index (χ1v) is 10.4. The van der Waals surface area contributed by atoms with Gasteiger partial charge in [-0.05, 0) is 72.6 Å². The molecule has 0 radical (unpaired) electrons. The van der Waals surface area contributed by atoms with Gasteiger partial charge < -0.3 is 13.9 Å². The Balaban J connectivity index is 1.46. The normalized spacial score (nSPS) is 12.9. The monoisotopic (exact) mass is 406 g/mol. The second kappa shape index (κ2) is 8.34. The zero-order valence-electron chi connectivity index (χ0n) is 17.6. The largest absolute Gasteiger partial charge is 0.482 e. The third-order valence-electron chi connectivity index (χ3n) is 5.57. The highest BCUT2D eigenvalue weighted by molar-refractivity contribution is 5.82. The van der Waals surface area contributed by atoms with Gasteiger partial charge in [-0.2, -0.15) is 0 Å². The van der Waals surface area contributed by atoms with Crippen LogP contribution in [0.25, 0.3) is 11.0 Å². The van der Waals surface area contributed by atoms with Gasteiger partial charge in [0.1, 0.15) is 17.9 Å². The molecule has 0 N–H and O–H groups in total. The molecule has 5 nitrogen and oxygen atoms in total. The van der Waals surface area contributed by atoms with Crippen molar-refractivity contribution < 1.29 is 18.7 Å². The molecule has 0 amide bonds. The SMILES string of the molecule is Cc1ccc(C(C)C)c(OCC(=O)OCc2cc(=O)oc3cc4c(cc23)CCC4)c1. The molecule has 1 aliphatic carbocycles. The fourth-order valence-corrected chi connectivity index (χ4v) is 3.99. The van der Waals surface area contributed by atoms with Crippen LogP contribution in [-0.2, 0) is 29.0 Å². The van der Waals surface area contributed by atoms with Crippen LogP contribution >= 0.6 is 0 Å². The molecule has 156 valence electrons. The lowest BCUT2D eigenvalue weighted by Crippen LogP contribution is -2.16. The molecule has 0 saturated carbocycles. The molecule has 3 aromatic rings. The summed E-state index contributed by atoms with van der Waals surface area (Å²) in [6.07, 6.45) is 3.13. The molecular weight excluding hydrogens is 380 g/mol. The molecule has 2 aromatic carbocycles. The first kappa shape index (κ1) is 20.2. The Morgan fingerprint density at radius 3 is 2.63 bits per heavy atom. The Hall–Kier alpha value is -3.08. The number of carbonyl (C=O) groups is 1. The van der Waals surface area contributed by atoms with Gasteiger partial charge >= 0.3 is 11.6 Å². The minimum absolute atomic E-state index is 0.00787. The lowest BCUT2D eigenvalue weighted by atomic mass is 10.0. The number of fused-ring (bicyclic) bond motifs is 2. The standard InChI is InChI=1S/C25H26O5/c1-15(2)20-8-7-16(3)9-22(20)28-14-25(27)29-13-19-12-24(26)30-23-11-18-6-4-5-17(18)10-21(19)23/h7-12,15H,4-6,13-14H2,1-3H3. The van der Waals surface area contributed by atoms with Gasteiger partial charge in [0.15, 0.2) is 6.61 Å². The molecule has 0 bridgehead atoms. The van der Waals surface area contributed by atoms with Crippen molar-refractivity contribution in [1.29, 1.82) is 0 Å². The molecule has 1 aliphatic rings. The highest BCUT2D eigenvalue weighted by Crippen LogP contribution is 2.29. The zero-order chi connectivity index (χ0) is 21.3. The van der Waals surface area contributed by atoms with Crippen LogP contribution in [0.2, 0.25) is 0 Å². The molecule has 0 spiro atoms. The maximum Gasteiger partial charge on any atom is 0.344 e. The van der Waals surface area contributed by atoms with Crippen LogP contribution in [-0.4, -0.2) is 12.6 Å². The van der Waals surface area contributed by atoms with E-state index in [1.54, 1.807) is 0 Å². The number of rotatable bonds is 6. The van der Waals surface area contributed by atoms with E-state index in [-0.39, 0.29) is 19.1 Å². The predicted molar refractivity (Wildman–Crippen MR) is 115 cm³/mol. The molecule has 0 aliphatic heterocycles. The second-order valence-corrected chi connectivity index (χ2v) is 8.21. The van der Waals surface area contributed by atoms with Gasteiger partial charge in [0, 0.05) is 17.0 Å². The van der Waals surface area contributed by atoms with Crippen molar-refractivity contribution >= 4 is 16.9 Å². The topological polar surface area (TPSA) is 65.7 Å². The number of ether oxygens (including phenoxy) is 2. The van der Waals surface area contributed by atoms with Crippen molar-refractivity contribution in [3.63, 3.8) is 0 Å². The summed E-state index contributed by atoms with van der Waals surface area (Å²) in [5, 5.41) is 0.824. The van der Waals surface area contributed by atoms with Gasteiger partial charge in [0.25, 0.3) is 0 Å². The summed E-state index contributed by atoms with van der Waals surface area (Å²) in [6, 6.07) is 11.4. The van der Waals surface area contributed by atoms with Crippen LogP contribution in [0.3, 0.4) is 0 Å². The third-order valence-corrected chi connectivity index (χ3v) is 5.57. The van der Waals surface area contributed by atoms with E-state index in [4.69, 9.17) is 13.9 Å². The Morgan fingerprint density at radius 1 is 1.10 bits per heavy atom. The van der Waals surface area contributed by atoms with Gasteiger partial charge in [-0.3, -0.25) is 0 Å². The summed E-state index contributed by atoms with van der Waals surface area (Å²) < 4.78 is 16.5. The first-order valence-electron chi connectivity index (χ1n) is 10.4. The zero-order valence-corrected chi connectivity index (χ0v) is 17.6. The summed E-state index contributed by atoms with van der Waals surface area (Å²) in [5.41, 5.74) is 5.38. The maximum atomic E-state index is 12.3. The van der Waals surface area contributed by atoms with Crippen molar-refractivity contribution in [2.75, 3.05) is 6.61 Å². The third kappa shape index (κ3) is 4.25. The number of esters is 1. The smallest absolute Gasteiger partial charge is 0.344 e. The van der Waals surface area contributed by atoms with Crippen LogP contribution in [0.5, 0.6) is 5.75 Å². The number of benzene rings is 2. The van der Waals surface area contributed by atoms with E-state index in [1.807, 2.05) is 31.2 Å². The van der Waals surface area contributed by atoms with Crippen LogP contribution in [0.4, 0.5) is 0 Å². The molecule has 0 unspecified atom stereocenters. The van der Waals surface area contributed by atoms with Crippen molar-refractivity contribution in [3.8, 4) is 5.75 Å². The van der Waals surface area contributed by atoms with Crippen molar-refractivity contribution in [2.24, 2.45) is 0 Å². The second-order valence-electron chi connectivity index (χ2n) is 8.21. The minimum Gasteiger partial charge on any atom is -0.482 e. The van der Waals surface area contributed by atoms with Crippen molar-refractivity contribution in [3.05, 3.63) is 74.6 Å². The fourth-order valence-electron chi connectivity index (χ4n) is 3.99. The average molecular weight is 406 g/mol. The molecule has 30 heavy (non-hydrogen) atoms. The number of hydrogen-bond acceptors (Lipinski definition) is 5. The molecular formula is C25H26O5. The fraction of sp³-hybridized carbons (Fsp3) is 0.360. The van der Waals surface area contributed by atoms with E-state index in [0.29, 0.717) is 16.9 Å². The van der Waals surface area contributed by atoms with E-state index in [1.165, 1.54) is 17.2 Å². The quantitative estimate of drug-likeness (QED) is 0.433.